The van der Waals surface area contributed by atoms with Crippen molar-refractivity contribution in [3.05, 3.63) is 45.9 Å². The van der Waals surface area contributed by atoms with E-state index in [4.69, 9.17) is 5.11 Å². The number of carboxylic acid groups (broad SMARTS) is 1. The molecule has 0 radical (unpaired) electrons. The second-order valence-electron chi connectivity index (χ2n) is 3.66. The van der Waals surface area contributed by atoms with Crippen LogP contribution in [0.4, 0.5) is 5.69 Å². The first-order valence-electron chi connectivity index (χ1n) is 5.11. The molecule has 2 N–H and O–H groups in total. The molecular weight excluding hydrogens is 252 g/mol. The topological polar surface area (TPSA) is 79.3 Å². The van der Waals surface area contributed by atoms with Crippen LogP contribution in [0.15, 0.2) is 29.1 Å². The van der Waals surface area contributed by atoms with Gasteiger partial charge in [-0.05, 0) is 30.7 Å². The van der Waals surface area contributed by atoms with Crippen LogP contribution in [0.3, 0.4) is 0 Å². The Kier molecular flexibility index (Phi) is 3.38. The van der Waals surface area contributed by atoms with E-state index >= 15 is 0 Å². The second-order valence-corrected chi connectivity index (χ2v) is 4.38. The molecule has 18 heavy (non-hydrogen) atoms. The van der Waals surface area contributed by atoms with Gasteiger partial charge >= 0.3 is 5.97 Å². The molecular formula is C12H10N2O3S. The summed E-state index contributed by atoms with van der Waals surface area (Å²) >= 11 is 1.34. The van der Waals surface area contributed by atoms with Crippen molar-refractivity contribution >= 4 is 28.9 Å². The van der Waals surface area contributed by atoms with E-state index in [2.05, 4.69) is 10.3 Å². The molecule has 1 aromatic carbocycles. The fourth-order valence-corrected chi connectivity index (χ4v) is 2.03. The predicted molar refractivity (Wildman–Crippen MR) is 68.2 cm³/mol. The molecule has 0 aliphatic rings. The van der Waals surface area contributed by atoms with Crippen molar-refractivity contribution in [1.82, 2.24) is 4.98 Å². The minimum Gasteiger partial charge on any atom is -0.478 e. The SMILES string of the molecule is Cc1cc(NC(=O)c2cscn2)ccc1C(=O)O. The maximum Gasteiger partial charge on any atom is 0.335 e. The lowest BCUT2D eigenvalue weighted by atomic mass is 10.1. The highest BCUT2D eigenvalue weighted by atomic mass is 32.1. The average Bonchev–Trinajstić information content (AvgIpc) is 2.81. The van der Waals surface area contributed by atoms with Gasteiger partial charge in [-0.3, -0.25) is 4.79 Å². The van der Waals surface area contributed by atoms with Crippen molar-refractivity contribution in [2.24, 2.45) is 0 Å². The maximum absolute atomic E-state index is 11.7. The Morgan fingerprint density at radius 2 is 2.17 bits per heavy atom. The number of carbonyl (C=O) groups excluding carboxylic acids is 1. The van der Waals surface area contributed by atoms with Crippen LogP contribution < -0.4 is 5.32 Å². The van der Waals surface area contributed by atoms with Gasteiger partial charge in [-0.1, -0.05) is 0 Å². The van der Waals surface area contributed by atoms with Gasteiger partial charge in [0.05, 0.1) is 11.1 Å². The van der Waals surface area contributed by atoms with E-state index in [9.17, 15) is 9.59 Å². The smallest absolute Gasteiger partial charge is 0.335 e. The Labute approximate surface area is 107 Å². The maximum atomic E-state index is 11.7. The van der Waals surface area contributed by atoms with Crippen LogP contribution in [0.1, 0.15) is 26.4 Å². The van der Waals surface area contributed by atoms with Gasteiger partial charge in [0.2, 0.25) is 0 Å². The van der Waals surface area contributed by atoms with E-state index in [1.54, 1.807) is 29.9 Å². The number of aryl methyl sites for hydroxylation is 1. The minimum atomic E-state index is -0.982. The van der Waals surface area contributed by atoms with Gasteiger partial charge in [0, 0.05) is 11.1 Å². The molecule has 1 heterocycles. The quantitative estimate of drug-likeness (QED) is 0.890. The molecule has 0 spiro atoms. The lowest BCUT2D eigenvalue weighted by molar-refractivity contribution is 0.0696. The lowest BCUT2D eigenvalue weighted by Gasteiger charge is -2.06. The normalized spacial score (nSPS) is 10.1. The molecule has 0 unspecified atom stereocenters. The second kappa shape index (κ2) is 4.97. The number of rotatable bonds is 3. The molecule has 0 saturated heterocycles. The van der Waals surface area contributed by atoms with E-state index in [1.165, 1.54) is 17.4 Å². The zero-order chi connectivity index (χ0) is 13.1. The average molecular weight is 262 g/mol. The molecule has 0 saturated carbocycles. The summed E-state index contributed by atoms with van der Waals surface area (Å²) in [5.74, 6) is -1.29. The molecule has 0 fully saturated rings. The van der Waals surface area contributed by atoms with Crippen molar-refractivity contribution in [2.45, 2.75) is 6.92 Å². The summed E-state index contributed by atoms with van der Waals surface area (Å²) in [4.78, 5) is 26.5. The number of carboxylic acids is 1. The third-order valence-electron chi connectivity index (χ3n) is 2.38. The van der Waals surface area contributed by atoms with Crippen LogP contribution in [-0.4, -0.2) is 22.0 Å². The Morgan fingerprint density at radius 1 is 1.39 bits per heavy atom. The number of carbonyl (C=O) groups is 2. The van der Waals surface area contributed by atoms with Crippen LogP contribution in [0.25, 0.3) is 0 Å². The molecule has 1 amide bonds. The molecule has 2 aromatic rings. The van der Waals surface area contributed by atoms with Gasteiger partial charge in [0.25, 0.3) is 5.91 Å². The summed E-state index contributed by atoms with van der Waals surface area (Å²) in [6, 6.07) is 4.64. The molecule has 0 aliphatic carbocycles. The first-order valence-corrected chi connectivity index (χ1v) is 6.05. The number of anilines is 1. The summed E-state index contributed by atoms with van der Waals surface area (Å²) in [6.07, 6.45) is 0. The van der Waals surface area contributed by atoms with E-state index in [0.717, 1.165) is 0 Å². The Hall–Kier alpha value is -2.21. The summed E-state index contributed by atoms with van der Waals surface area (Å²) in [5, 5.41) is 13.2. The number of benzene rings is 1. The zero-order valence-electron chi connectivity index (χ0n) is 9.51. The van der Waals surface area contributed by atoms with Crippen molar-refractivity contribution in [1.29, 1.82) is 0 Å². The number of thiazole rings is 1. The number of aromatic carboxylic acids is 1. The molecule has 6 heteroatoms. The van der Waals surface area contributed by atoms with Crippen molar-refractivity contribution in [3.63, 3.8) is 0 Å². The zero-order valence-corrected chi connectivity index (χ0v) is 10.3. The van der Waals surface area contributed by atoms with Crippen molar-refractivity contribution < 1.29 is 14.7 Å². The Morgan fingerprint density at radius 3 is 2.72 bits per heavy atom. The molecule has 0 bridgehead atoms. The first kappa shape index (κ1) is 12.3. The van der Waals surface area contributed by atoms with Gasteiger partial charge in [-0.2, -0.15) is 0 Å². The van der Waals surface area contributed by atoms with Crippen LogP contribution >= 0.6 is 11.3 Å². The number of aromatic nitrogens is 1. The van der Waals surface area contributed by atoms with Gasteiger partial charge in [0.15, 0.2) is 0 Å². The number of hydrogen-bond acceptors (Lipinski definition) is 4. The van der Waals surface area contributed by atoms with Gasteiger partial charge < -0.3 is 10.4 Å². The number of hydrogen-bond donors (Lipinski definition) is 2. The minimum absolute atomic E-state index is 0.224. The fourth-order valence-electron chi connectivity index (χ4n) is 1.50. The molecule has 2 rings (SSSR count). The highest BCUT2D eigenvalue weighted by Crippen LogP contribution is 2.16. The highest BCUT2D eigenvalue weighted by molar-refractivity contribution is 7.07. The number of nitrogens with one attached hydrogen (secondary N) is 1. The molecule has 92 valence electrons. The van der Waals surface area contributed by atoms with Crippen LogP contribution in [0.2, 0.25) is 0 Å². The van der Waals surface area contributed by atoms with Gasteiger partial charge in [-0.15, -0.1) is 11.3 Å². The van der Waals surface area contributed by atoms with E-state index in [-0.39, 0.29) is 11.5 Å². The number of amides is 1. The summed E-state index contributed by atoms with van der Waals surface area (Å²) in [6.45, 7) is 1.68. The third-order valence-corrected chi connectivity index (χ3v) is 2.97. The van der Waals surface area contributed by atoms with Crippen molar-refractivity contribution in [3.8, 4) is 0 Å². The van der Waals surface area contributed by atoms with Crippen LogP contribution in [-0.2, 0) is 0 Å². The Bertz CT molecular complexity index is 593. The van der Waals surface area contributed by atoms with E-state index in [1.807, 2.05) is 0 Å². The Balaban J connectivity index is 2.18. The summed E-state index contributed by atoms with van der Waals surface area (Å²) in [7, 11) is 0. The molecule has 0 atom stereocenters. The van der Waals surface area contributed by atoms with E-state index in [0.29, 0.717) is 16.9 Å². The number of nitrogens with zero attached hydrogens (tertiary/aromatic N) is 1. The van der Waals surface area contributed by atoms with Gasteiger partial charge in [0.1, 0.15) is 5.69 Å². The molecule has 1 aromatic heterocycles. The summed E-state index contributed by atoms with van der Waals surface area (Å²) < 4.78 is 0. The fraction of sp³-hybridized carbons (Fsp3) is 0.0833. The molecule has 5 nitrogen and oxygen atoms in total. The third kappa shape index (κ3) is 2.54. The van der Waals surface area contributed by atoms with Crippen molar-refractivity contribution in [2.75, 3.05) is 5.32 Å². The van der Waals surface area contributed by atoms with Gasteiger partial charge in [-0.25, -0.2) is 9.78 Å². The standard InChI is InChI=1S/C12H10N2O3S/c1-7-4-8(2-3-9(7)12(16)17)14-11(15)10-5-18-6-13-10/h2-6H,1H3,(H,14,15)(H,16,17). The summed E-state index contributed by atoms with van der Waals surface area (Å²) in [5.41, 5.74) is 3.30. The molecule has 0 aliphatic heterocycles. The van der Waals surface area contributed by atoms with Crippen LogP contribution in [0, 0.1) is 6.92 Å². The highest BCUT2D eigenvalue weighted by Gasteiger charge is 2.10. The first-order chi connectivity index (χ1) is 8.58. The monoisotopic (exact) mass is 262 g/mol. The van der Waals surface area contributed by atoms with Crippen LogP contribution in [0.5, 0.6) is 0 Å². The largest absolute Gasteiger partial charge is 0.478 e. The lowest BCUT2D eigenvalue weighted by Crippen LogP contribution is -2.12. The van der Waals surface area contributed by atoms with E-state index < -0.39 is 5.97 Å². The predicted octanol–water partition coefficient (Wildman–Crippen LogP) is 2.40.